The average Bonchev–Trinajstić information content (AvgIpc) is 0.811. The smallest absolute Gasteiger partial charge is 0.120 e. The molecule has 0 aliphatic carbocycles. The summed E-state index contributed by atoms with van der Waals surface area (Å²) in [5.41, 5.74) is 0. The molecule has 4 heteroatoms. The van der Waals surface area contributed by atoms with Crippen molar-refractivity contribution in [2.24, 2.45) is 0 Å². The van der Waals surface area contributed by atoms with Gasteiger partial charge in [0.25, 0.3) is 0 Å². The normalized spacial score (nSPS) is 9.00. The van der Waals surface area contributed by atoms with Gasteiger partial charge in [0.05, 0.1) is 0 Å². The first-order valence-electron chi connectivity index (χ1n) is 0.538. The molecule has 0 N–H and O–H groups in total. The predicted molar refractivity (Wildman–Crippen MR) is 27.6 cm³/mol. The Bertz CT molecular complexity index is 10.8. The molecule has 0 aromatic rings. The van der Waals surface area contributed by atoms with Gasteiger partial charge in [-0.05, 0) is 0 Å². The van der Waals surface area contributed by atoms with Crippen LogP contribution in [0.2, 0.25) is 0 Å². The van der Waals surface area contributed by atoms with Gasteiger partial charge in [0.15, 0.2) is 0 Å². The van der Waals surface area contributed by atoms with Gasteiger partial charge in [-0.25, -0.2) is 0 Å². The van der Waals surface area contributed by atoms with E-state index in [1.54, 1.807) is 0 Å². The molecule has 0 aromatic heterocycles. The minimum atomic E-state index is -0.981. The summed E-state index contributed by atoms with van der Waals surface area (Å²) in [6, 6.07) is 0. The Labute approximate surface area is 41.0 Å². The molecule has 0 nitrogen and oxygen atoms in total. The van der Waals surface area contributed by atoms with E-state index in [0.717, 1.165) is 0 Å². The highest BCUT2D eigenvalue weighted by atomic mass is 35.9. The quantitative estimate of drug-likeness (QED) is 0.383. The van der Waals surface area contributed by atoms with E-state index in [1.165, 1.54) is 0 Å². The predicted octanol–water partition coefficient (Wildman–Crippen LogP) is 2.62. The molecule has 0 unspecified atom stereocenters. The fourth-order valence-corrected chi connectivity index (χ4v) is 0. The summed E-state index contributed by atoms with van der Waals surface area (Å²) in [6.07, 6.45) is 0. The molecule has 26 valence electrons. The lowest BCUT2D eigenvalue weighted by Crippen LogP contribution is -0.965. The fourth-order valence-electron chi connectivity index (χ4n) is 0. The molecule has 0 aliphatic rings. The topological polar surface area (TPSA) is 0 Å². The van der Waals surface area contributed by atoms with Gasteiger partial charge in [0, 0.05) is 0 Å². The highest BCUT2D eigenvalue weighted by molar-refractivity contribution is 8.62. The molecule has 0 atom stereocenters. The first-order valence-corrected chi connectivity index (χ1v) is 4.84. The summed E-state index contributed by atoms with van der Waals surface area (Å²) < 4.78 is 0. The van der Waals surface area contributed by atoms with E-state index < -0.39 is 5.83 Å². The number of halogens is 2. The zero-order valence-electron chi connectivity index (χ0n) is 1.65. The summed E-state index contributed by atoms with van der Waals surface area (Å²) in [5, 5.41) is 0. The third kappa shape index (κ3) is 10.1. The lowest BCUT2D eigenvalue weighted by molar-refractivity contribution is 4.75. The second-order valence-corrected chi connectivity index (χ2v) is 5.81. The second-order valence-electron chi connectivity index (χ2n) is 0.215. The Balaban J connectivity index is 2.32. The first-order chi connectivity index (χ1) is 1.73. The molecule has 4 heavy (non-hydrogen) atoms. The van der Waals surface area contributed by atoms with Crippen LogP contribution >= 0.6 is 40.6 Å². The molecule has 0 radical (unpaired) electrons. The van der Waals surface area contributed by atoms with Gasteiger partial charge in [0.1, 0.15) is 5.83 Å². The molecule has 0 fully saturated rings. The molecule has 0 aliphatic heterocycles. The van der Waals surface area contributed by atoms with Gasteiger partial charge in [-0.2, -0.15) is 0 Å². The highest BCUT2D eigenvalue weighted by Gasteiger charge is 1.77. The molecule has 0 bridgehead atoms. The van der Waals surface area contributed by atoms with Crippen molar-refractivity contribution in [1.82, 2.24) is 0 Å². The Morgan fingerprint density at radius 3 is 1.50 bits per heavy atom. The Morgan fingerprint density at radius 1 is 1.50 bits per heavy atom. The lowest BCUT2D eigenvalue weighted by Gasteiger charge is -1.71. The minimum absolute atomic E-state index is 0.981. The maximum absolute atomic E-state index is 4.97. The molecule has 0 amide bonds. The van der Waals surface area contributed by atoms with E-state index in [2.05, 4.69) is 12.2 Å². The van der Waals surface area contributed by atoms with E-state index in [-0.39, 0.29) is 0 Å². The van der Waals surface area contributed by atoms with E-state index in [0.29, 0.717) is 0 Å². The number of rotatable bonds is 0. The van der Waals surface area contributed by atoms with Gasteiger partial charge in [0.2, 0.25) is 0 Å². The molecule has 0 rings (SSSR count). The van der Waals surface area contributed by atoms with Crippen LogP contribution in [-0.4, -0.2) is 0 Å². The monoisotopic (exact) mass is 134 g/mol. The van der Waals surface area contributed by atoms with Crippen LogP contribution in [-0.2, 0) is 0 Å². The molecular weight excluding hydrogens is 134 g/mol. The van der Waals surface area contributed by atoms with Gasteiger partial charge in [-0.1, -0.05) is 22.5 Å². The van der Waals surface area contributed by atoms with Crippen LogP contribution < -0.4 is 0 Å². The maximum Gasteiger partial charge on any atom is 0.141 e. The zero-order valence-corrected chi connectivity index (χ0v) is 4.95. The summed E-state index contributed by atoms with van der Waals surface area (Å²) >= 11 is 13.5. The van der Waals surface area contributed by atoms with E-state index >= 15 is 0 Å². The van der Waals surface area contributed by atoms with Crippen LogP contribution in [0.5, 0.6) is 0 Å². The standard InChI is InChI=1S/Cl2HPS/c1-3(2)4/h4H. The summed E-state index contributed by atoms with van der Waals surface area (Å²) in [4.78, 5) is 0. The van der Waals surface area contributed by atoms with E-state index in [9.17, 15) is 0 Å². The van der Waals surface area contributed by atoms with Crippen molar-refractivity contribution >= 4 is 40.6 Å². The fraction of sp³-hybridized carbons (Fsp3) is 0. The van der Waals surface area contributed by atoms with Crippen LogP contribution in [0, 0.1) is 0 Å². The van der Waals surface area contributed by atoms with Crippen LogP contribution in [0.15, 0.2) is 0 Å². The Kier molecular flexibility index (Phi) is 3.47. The number of hydrogen-bond donors (Lipinski definition) is 1. The SMILES string of the molecule is SP(Cl)Cl. The second kappa shape index (κ2) is 2.59. The molecular formula is HCl2PS. The van der Waals surface area contributed by atoms with E-state index in [1.807, 2.05) is 0 Å². The minimum Gasteiger partial charge on any atom is -0.120 e. The zero-order chi connectivity index (χ0) is 3.58. The average molecular weight is 135 g/mol. The third-order valence-electron chi connectivity index (χ3n) is 0. The van der Waals surface area contributed by atoms with Crippen LogP contribution in [0.25, 0.3) is 0 Å². The van der Waals surface area contributed by atoms with Crippen molar-refractivity contribution in [2.75, 3.05) is 0 Å². The van der Waals surface area contributed by atoms with Crippen molar-refractivity contribution in [2.45, 2.75) is 0 Å². The number of thiol groups is 1. The lowest BCUT2D eigenvalue weighted by atomic mass is 30.1. The van der Waals surface area contributed by atoms with Crippen molar-refractivity contribution in [3.05, 3.63) is 0 Å². The third-order valence-corrected chi connectivity index (χ3v) is 0. The van der Waals surface area contributed by atoms with Crippen molar-refractivity contribution in [3.8, 4) is 0 Å². The summed E-state index contributed by atoms with van der Waals surface area (Å²) in [5.74, 6) is -0.981. The Morgan fingerprint density at radius 2 is 1.50 bits per heavy atom. The highest BCUT2D eigenvalue weighted by Crippen LogP contribution is 2.50. The van der Waals surface area contributed by atoms with Crippen molar-refractivity contribution in [3.63, 3.8) is 0 Å². The van der Waals surface area contributed by atoms with E-state index in [4.69, 9.17) is 22.5 Å². The first kappa shape index (κ1) is 5.36. The molecule has 0 heterocycles. The summed E-state index contributed by atoms with van der Waals surface area (Å²) in [6.45, 7) is 0. The van der Waals surface area contributed by atoms with Crippen LogP contribution in [0.4, 0.5) is 0 Å². The van der Waals surface area contributed by atoms with Gasteiger partial charge in [-0.15, -0.1) is 12.2 Å². The molecule has 0 saturated heterocycles. The van der Waals surface area contributed by atoms with Gasteiger partial charge >= 0.3 is 0 Å². The maximum atomic E-state index is 4.97. The number of hydrogen-bond acceptors (Lipinski definition) is 1. The Hall–Kier alpha value is 1.36. The molecule has 0 aromatic carbocycles. The largest absolute Gasteiger partial charge is 0.141 e. The molecule has 0 saturated carbocycles. The van der Waals surface area contributed by atoms with Gasteiger partial charge in [-0.3, -0.25) is 0 Å². The summed E-state index contributed by atoms with van der Waals surface area (Å²) in [7, 11) is 0. The van der Waals surface area contributed by atoms with Gasteiger partial charge < -0.3 is 0 Å². The van der Waals surface area contributed by atoms with Crippen LogP contribution in [0.3, 0.4) is 0 Å². The molecule has 0 spiro atoms. The van der Waals surface area contributed by atoms with Crippen LogP contribution in [0.1, 0.15) is 0 Å². The van der Waals surface area contributed by atoms with Crippen molar-refractivity contribution < 1.29 is 0 Å². The van der Waals surface area contributed by atoms with Crippen molar-refractivity contribution in [1.29, 1.82) is 0 Å².